The number of rotatable bonds is 6. The van der Waals surface area contributed by atoms with E-state index >= 15 is 0 Å². The van der Waals surface area contributed by atoms with Crippen LogP contribution in [-0.4, -0.2) is 12.5 Å². The lowest BCUT2D eigenvalue weighted by molar-refractivity contribution is -0.122. The summed E-state index contributed by atoms with van der Waals surface area (Å²) in [6.07, 6.45) is 5.81. The highest BCUT2D eigenvalue weighted by Crippen LogP contribution is 2.40. The number of nitriles is 1. The zero-order valence-corrected chi connectivity index (χ0v) is 15.8. The number of nitrogens with one attached hydrogen (secondary N) is 1. The molecule has 4 nitrogen and oxygen atoms in total. The normalized spacial score (nSPS) is 15.6. The number of nitrogens with zero attached hydrogens (tertiary/aromatic N) is 1. The van der Waals surface area contributed by atoms with Crippen LogP contribution in [0.25, 0.3) is 0 Å². The van der Waals surface area contributed by atoms with Crippen molar-refractivity contribution in [3.8, 4) is 11.8 Å². The van der Waals surface area contributed by atoms with Crippen molar-refractivity contribution in [1.82, 2.24) is 0 Å². The molecule has 2 aromatic rings. The lowest BCUT2D eigenvalue weighted by Crippen LogP contribution is -2.42. The SMILES string of the molecule is CCCOc1ccc(NC(=O)C2(c3ccccc3)CCCCC2)c(C#N)c1. The number of carbonyl (C=O) groups is 1. The Morgan fingerprint density at radius 3 is 2.56 bits per heavy atom. The van der Waals surface area contributed by atoms with E-state index in [0.29, 0.717) is 23.6 Å². The number of hydrogen-bond donors (Lipinski definition) is 1. The number of anilines is 1. The third-order valence-electron chi connectivity index (χ3n) is 5.30. The maximum Gasteiger partial charge on any atom is 0.235 e. The van der Waals surface area contributed by atoms with Crippen molar-refractivity contribution in [2.24, 2.45) is 0 Å². The van der Waals surface area contributed by atoms with Gasteiger partial charge in [0.2, 0.25) is 5.91 Å². The third kappa shape index (κ3) is 4.14. The first-order valence-corrected chi connectivity index (χ1v) is 9.73. The molecule has 0 spiro atoms. The fraction of sp³-hybridized carbons (Fsp3) is 0.391. The molecule has 0 atom stereocenters. The molecule has 1 saturated carbocycles. The van der Waals surface area contributed by atoms with E-state index in [1.54, 1.807) is 12.1 Å². The molecule has 2 aromatic carbocycles. The van der Waals surface area contributed by atoms with Gasteiger partial charge < -0.3 is 10.1 Å². The Labute approximate surface area is 161 Å². The van der Waals surface area contributed by atoms with Gasteiger partial charge in [0, 0.05) is 0 Å². The van der Waals surface area contributed by atoms with Crippen LogP contribution >= 0.6 is 0 Å². The predicted octanol–water partition coefficient (Wildman–Crippen LogP) is 5.19. The van der Waals surface area contributed by atoms with Crippen LogP contribution in [-0.2, 0) is 10.2 Å². The van der Waals surface area contributed by atoms with E-state index in [1.165, 1.54) is 0 Å². The summed E-state index contributed by atoms with van der Waals surface area (Å²) in [4.78, 5) is 13.4. The lowest BCUT2D eigenvalue weighted by atomic mass is 9.68. The Balaban J connectivity index is 1.87. The molecule has 0 heterocycles. The number of benzene rings is 2. The third-order valence-corrected chi connectivity index (χ3v) is 5.30. The molecule has 0 aromatic heterocycles. The minimum absolute atomic E-state index is 0.0212. The van der Waals surface area contributed by atoms with Crippen LogP contribution < -0.4 is 10.1 Å². The summed E-state index contributed by atoms with van der Waals surface area (Å²) < 4.78 is 5.60. The van der Waals surface area contributed by atoms with Gasteiger partial charge >= 0.3 is 0 Å². The first kappa shape index (κ1) is 19.0. The maximum atomic E-state index is 13.4. The van der Waals surface area contributed by atoms with Crippen molar-refractivity contribution >= 4 is 11.6 Å². The Morgan fingerprint density at radius 1 is 1.15 bits per heavy atom. The molecule has 140 valence electrons. The lowest BCUT2D eigenvalue weighted by Gasteiger charge is -2.36. The molecule has 0 saturated heterocycles. The number of carbonyl (C=O) groups excluding carboxylic acids is 1. The Bertz CT molecular complexity index is 818. The molecule has 1 amide bonds. The van der Waals surface area contributed by atoms with Gasteiger partial charge in [0.05, 0.1) is 23.3 Å². The van der Waals surface area contributed by atoms with Gasteiger partial charge in [-0.2, -0.15) is 5.26 Å². The molecule has 1 fully saturated rings. The van der Waals surface area contributed by atoms with Gasteiger partial charge in [-0.3, -0.25) is 4.79 Å². The zero-order chi connectivity index (χ0) is 19.1. The standard InChI is InChI=1S/C23H26N2O2/c1-2-15-27-20-11-12-21(18(16-20)17-24)25-22(26)23(13-7-4-8-14-23)19-9-5-3-6-10-19/h3,5-6,9-12,16H,2,4,7-8,13-15H2,1H3,(H,25,26). The van der Waals surface area contributed by atoms with E-state index in [-0.39, 0.29) is 5.91 Å². The van der Waals surface area contributed by atoms with E-state index in [0.717, 1.165) is 44.1 Å². The number of ether oxygens (including phenoxy) is 1. The van der Waals surface area contributed by atoms with Crippen molar-refractivity contribution in [3.63, 3.8) is 0 Å². The Morgan fingerprint density at radius 2 is 1.89 bits per heavy atom. The van der Waals surface area contributed by atoms with Gasteiger partial charge in [-0.15, -0.1) is 0 Å². The summed E-state index contributed by atoms with van der Waals surface area (Å²) in [5.41, 5.74) is 1.51. The summed E-state index contributed by atoms with van der Waals surface area (Å²) in [5, 5.41) is 12.6. The second-order valence-electron chi connectivity index (χ2n) is 7.13. The quantitative estimate of drug-likeness (QED) is 0.769. The average molecular weight is 362 g/mol. The van der Waals surface area contributed by atoms with Crippen LogP contribution in [0, 0.1) is 11.3 Å². The maximum absolute atomic E-state index is 13.4. The predicted molar refractivity (Wildman–Crippen MR) is 107 cm³/mol. The van der Waals surface area contributed by atoms with Gasteiger partial charge in [0.25, 0.3) is 0 Å². The summed E-state index contributed by atoms with van der Waals surface area (Å²) in [6, 6.07) is 17.5. The summed E-state index contributed by atoms with van der Waals surface area (Å²) in [7, 11) is 0. The molecule has 0 radical (unpaired) electrons. The monoisotopic (exact) mass is 362 g/mol. The van der Waals surface area contributed by atoms with Crippen LogP contribution in [0.5, 0.6) is 5.75 Å². The molecule has 4 heteroatoms. The molecule has 0 bridgehead atoms. The van der Waals surface area contributed by atoms with E-state index in [9.17, 15) is 10.1 Å². The molecule has 0 aliphatic heterocycles. The molecule has 1 aliphatic rings. The van der Waals surface area contributed by atoms with Gasteiger partial charge in [-0.05, 0) is 43.0 Å². The summed E-state index contributed by atoms with van der Waals surface area (Å²) in [6.45, 7) is 2.64. The van der Waals surface area contributed by atoms with E-state index in [4.69, 9.17) is 4.74 Å². The van der Waals surface area contributed by atoms with Gasteiger partial charge in [0.15, 0.2) is 0 Å². The van der Waals surface area contributed by atoms with Crippen molar-refractivity contribution < 1.29 is 9.53 Å². The Kier molecular flexibility index (Phi) is 6.13. The van der Waals surface area contributed by atoms with E-state index in [1.807, 2.05) is 43.3 Å². The first-order valence-electron chi connectivity index (χ1n) is 9.73. The van der Waals surface area contributed by atoms with Crippen LogP contribution in [0.2, 0.25) is 0 Å². The zero-order valence-electron chi connectivity index (χ0n) is 15.8. The van der Waals surface area contributed by atoms with Gasteiger partial charge in [-0.1, -0.05) is 56.5 Å². The second-order valence-corrected chi connectivity index (χ2v) is 7.13. The molecule has 0 unspecified atom stereocenters. The van der Waals surface area contributed by atoms with Crippen molar-refractivity contribution in [1.29, 1.82) is 5.26 Å². The average Bonchev–Trinajstić information content (AvgIpc) is 2.74. The fourth-order valence-corrected chi connectivity index (χ4v) is 3.84. The van der Waals surface area contributed by atoms with Crippen LogP contribution in [0.4, 0.5) is 5.69 Å². The second kappa shape index (κ2) is 8.73. The molecule has 1 aliphatic carbocycles. The minimum Gasteiger partial charge on any atom is -0.494 e. The van der Waals surface area contributed by atoms with Crippen molar-refractivity contribution in [2.45, 2.75) is 50.9 Å². The smallest absolute Gasteiger partial charge is 0.235 e. The minimum atomic E-state index is -0.524. The molecule has 1 N–H and O–H groups in total. The molecule has 3 rings (SSSR count). The topological polar surface area (TPSA) is 62.1 Å². The highest BCUT2D eigenvalue weighted by Gasteiger charge is 2.41. The fourth-order valence-electron chi connectivity index (χ4n) is 3.84. The van der Waals surface area contributed by atoms with Crippen molar-refractivity contribution in [3.05, 3.63) is 59.7 Å². The Hall–Kier alpha value is -2.80. The molecule has 27 heavy (non-hydrogen) atoms. The van der Waals surface area contributed by atoms with Crippen LogP contribution in [0.1, 0.15) is 56.6 Å². The largest absolute Gasteiger partial charge is 0.494 e. The number of amides is 1. The van der Waals surface area contributed by atoms with Crippen LogP contribution in [0.15, 0.2) is 48.5 Å². The van der Waals surface area contributed by atoms with Gasteiger partial charge in [0.1, 0.15) is 11.8 Å². The first-order chi connectivity index (χ1) is 13.2. The summed E-state index contributed by atoms with van der Waals surface area (Å²) in [5.74, 6) is 0.633. The summed E-state index contributed by atoms with van der Waals surface area (Å²) >= 11 is 0. The number of hydrogen-bond acceptors (Lipinski definition) is 3. The van der Waals surface area contributed by atoms with E-state index in [2.05, 4.69) is 11.4 Å². The molecular formula is C23H26N2O2. The van der Waals surface area contributed by atoms with E-state index < -0.39 is 5.41 Å². The highest BCUT2D eigenvalue weighted by molar-refractivity contribution is 6.00. The molecular weight excluding hydrogens is 336 g/mol. The van der Waals surface area contributed by atoms with Gasteiger partial charge in [-0.25, -0.2) is 0 Å². The van der Waals surface area contributed by atoms with Crippen molar-refractivity contribution in [2.75, 3.05) is 11.9 Å². The van der Waals surface area contributed by atoms with Crippen LogP contribution in [0.3, 0.4) is 0 Å². The highest BCUT2D eigenvalue weighted by atomic mass is 16.5.